The molecule has 1 aliphatic rings. The molecular weight excluding hydrogens is 226 g/mol. The Kier molecular flexibility index (Phi) is 1.65. The van der Waals surface area contributed by atoms with Crippen molar-refractivity contribution in [2.45, 2.75) is 4.90 Å². The third-order valence-electron chi connectivity index (χ3n) is 2.58. The summed E-state index contributed by atoms with van der Waals surface area (Å²) in [6.45, 7) is 0. The van der Waals surface area contributed by atoms with Gasteiger partial charge in [0.05, 0.1) is 10.5 Å². The summed E-state index contributed by atoms with van der Waals surface area (Å²) < 4.78 is 26.6. The van der Waals surface area contributed by atoms with E-state index in [0.717, 1.165) is 5.39 Å². The number of amides is 1. The molecule has 0 saturated heterocycles. The Bertz CT molecular complexity index is 714. The summed E-state index contributed by atoms with van der Waals surface area (Å²) >= 11 is 0. The van der Waals surface area contributed by atoms with E-state index in [1.54, 1.807) is 30.3 Å². The predicted molar refractivity (Wildman–Crippen MR) is 57.6 cm³/mol. The van der Waals surface area contributed by atoms with E-state index in [2.05, 4.69) is 4.72 Å². The standard InChI is InChI=1S/C11H6NO3S/c13-11-8-5-1-3-7-4-2-6-9(10(7)8)16(14,15)12-11/h1-6H. The first-order valence-electron chi connectivity index (χ1n) is 4.64. The third-order valence-corrected chi connectivity index (χ3v) is 3.88. The van der Waals surface area contributed by atoms with E-state index in [1.807, 2.05) is 0 Å². The number of carbonyl (C=O) groups excluding carboxylic acids is 1. The Morgan fingerprint density at radius 1 is 1.00 bits per heavy atom. The number of rotatable bonds is 0. The van der Waals surface area contributed by atoms with Crippen molar-refractivity contribution in [3.63, 3.8) is 0 Å². The van der Waals surface area contributed by atoms with Crippen LogP contribution in [0, 0.1) is 0 Å². The minimum atomic E-state index is -3.82. The molecule has 79 valence electrons. The number of nitrogens with zero attached hydrogens (tertiary/aromatic N) is 1. The molecule has 0 aliphatic carbocycles. The Morgan fingerprint density at radius 2 is 1.69 bits per heavy atom. The van der Waals surface area contributed by atoms with Crippen LogP contribution in [0.2, 0.25) is 0 Å². The SMILES string of the molecule is O=C1[N]S(=O)(=O)c2cccc3cccc1c23. The molecule has 0 N–H and O–H groups in total. The molecule has 0 bridgehead atoms. The minimum Gasteiger partial charge on any atom is -0.266 e. The van der Waals surface area contributed by atoms with Crippen LogP contribution in [0.3, 0.4) is 0 Å². The average Bonchev–Trinajstić information content (AvgIpc) is 2.25. The molecule has 1 radical (unpaired) electrons. The zero-order valence-electron chi connectivity index (χ0n) is 8.04. The summed E-state index contributed by atoms with van der Waals surface area (Å²) in [6.07, 6.45) is 0. The smallest absolute Gasteiger partial charge is 0.266 e. The fourth-order valence-corrected chi connectivity index (χ4v) is 3.06. The lowest BCUT2D eigenvalue weighted by molar-refractivity contribution is 0.0978. The van der Waals surface area contributed by atoms with Gasteiger partial charge in [-0.2, -0.15) is 8.42 Å². The monoisotopic (exact) mass is 232 g/mol. The maximum absolute atomic E-state index is 11.7. The highest BCUT2D eigenvalue weighted by Gasteiger charge is 2.31. The van der Waals surface area contributed by atoms with Crippen LogP contribution in [0.15, 0.2) is 41.3 Å². The summed E-state index contributed by atoms with van der Waals surface area (Å²) in [5.41, 5.74) is 0.350. The first-order valence-corrected chi connectivity index (χ1v) is 6.08. The largest absolute Gasteiger partial charge is 0.288 e. The number of hydrogen-bond acceptors (Lipinski definition) is 3. The summed E-state index contributed by atoms with van der Waals surface area (Å²) in [6, 6.07) is 9.97. The highest BCUT2D eigenvalue weighted by Crippen LogP contribution is 2.30. The molecule has 3 rings (SSSR count). The lowest BCUT2D eigenvalue weighted by Gasteiger charge is -2.15. The van der Waals surface area contributed by atoms with E-state index >= 15 is 0 Å². The van der Waals surface area contributed by atoms with E-state index < -0.39 is 15.9 Å². The van der Waals surface area contributed by atoms with Crippen LogP contribution in [-0.4, -0.2) is 14.3 Å². The molecule has 1 amide bonds. The summed E-state index contributed by atoms with van der Waals surface area (Å²) in [4.78, 5) is 11.7. The zero-order chi connectivity index (χ0) is 11.3. The number of hydrogen-bond donors (Lipinski definition) is 0. The van der Waals surface area contributed by atoms with Crippen LogP contribution in [0.4, 0.5) is 0 Å². The van der Waals surface area contributed by atoms with Crippen molar-refractivity contribution in [3.8, 4) is 0 Å². The van der Waals surface area contributed by atoms with E-state index in [-0.39, 0.29) is 4.90 Å². The van der Waals surface area contributed by atoms with Crippen LogP contribution < -0.4 is 4.72 Å². The van der Waals surface area contributed by atoms with Crippen LogP contribution >= 0.6 is 0 Å². The van der Waals surface area contributed by atoms with Gasteiger partial charge in [-0.3, -0.25) is 4.79 Å². The van der Waals surface area contributed by atoms with Gasteiger partial charge in [0, 0.05) is 5.39 Å². The van der Waals surface area contributed by atoms with Gasteiger partial charge in [0.15, 0.2) is 0 Å². The first-order chi connectivity index (χ1) is 7.59. The van der Waals surface area contributed by atoms with Crippen LogP contribution in [0.5, 0.6) is 0 Å². The number of benzene rings is 2. The Morgan fingerprint density at radius 3 is 2.44 bits per heavy atom. The van der Waals surface area contributed by atoms with Gasteiger partial charge in [-0.25, -0.2) is 0 Å². The summed E-state index contributed by atoms with van der Waals surface area (Å²) in [7, 11) is -3.82. The summed E-state index contributed by atoms with van der Waals surface area (Å²) in [5.74, 6) is -0.690. The normalized spacial score (nSPS) is 17.1. The molecule has 5 heteroatoms. The molecule has 0 saturated carbocycles. The molecule has 0 spiro atoms. The van der Waals surface area contributed by atoms with Crippen molar-refractivity contribution in [2.75, 3.05) is 0 Å². The Hall–Kier alpha value is -1.88. The minimum absolute atomic E-state index is 0.111. The molecule has 0 unspecified atom stereocenters. The second-order valence-electron chi connectivity index (χ2n) is 3.53. The maximum Gasteiger partial charge on any atom is 0.288 e. The van der Waals surface area contributed by atoms with Crippen molar-refractivity contribution in [3.05, 3.63) is 42.0 Å². The van der Waals surface area contributed by atoms with Crippen molar-refractivity contribution in [1.29, 1.82) is 0 Å². The van der Waals surface area contributed by atoms with E-state index in [9.17, 15) is 13.2 Å². The maximum atomic E-state index is 11.7. The van der Waals surface area contributed by atoms with Crippen LogP contribution in [0.1, 0.15) is 10.4 Å². The number of carbonyl (C=O) groups is 1. The van der Waals surface area contributed by atoms with Gasteiger partial charge < -0.3 is 0 Å². The van der Waals surface area contributed by atoms with Crippen LogP contribution in [0.25, 0.3) is 10.8 Å². The Labute approximate surface area is 91.9 Å². The molecule has 2 aromatic carbocycles. The topological polar surface area (TPSA) is 65.3 Å². The van der Waals surface area contributed by atoms with Crippen molar-refractivity contribution >= 4 is 26.7 Å². The average molecular weight is 232 g/mol. The lowest BCUT2D eigenvalue weighted by Crippen LogP contribution is -2.28. The van der Waals surface area contributed by atoms with Gasteiger partial charge in [0.1, 0.15) is 0 Å². The fourth-order valence-electron chi connectivity index (χ4n) is 1.91. The molecule has 1 heterocycles. The van der Waals surface area contributed by atoms with Crippen molar-refractivity contribution in [2.24, 2.45) is 0 Å². The number of sulfonamides is 1. The molecular formula is C11H6NO3S. The Balaban J connectivity index is 2.63. The third kappa shape index (κ3) is 1.09. The van der Waals surface area contributed by atoms with Crippen LogP contribution in [-0.2, 0) is 10.0 Å². The molecule has 2 aromatic rings. The second-order valence-corrected chi connectivity index (χ2v) is 5.10. The lowest BCUT2D eigenvalue weighted by atomic mass is 10.0. The molecule has 0 atom stereocenters. The van der Waals surface area contributed by atoms with Gasteiger partial charge in [0.25, 0.3) is 15.9 Å². The fraction of sp³-hybridized carbons (Fsp3) is 0. The highest BCUT2D eigenvalue weighted by atomic mass is 32.2. The predicted octanol–water partition coefficient (Wildman–Crippen LogP) is 1.29. The molecule has 4 nitrogen and oxygen atoms in total. The first kappa shape index (κ1) is 9.35. The molecule has 1 aliphatic heterocycles. The molecule has 0 aromatic heterocycles. The quantitative estimate of drug-likeness (QED) is 0.687. The van der Waals surface area contributed by atoms with Gasteiger partial charge in [-0.05, 0) is 17.5 Å². The molecule has 0 fully saturated rings. The van der Waals surface area contributed by atoms with Gasteiger partial charge in [-0.1, -0.05) is 24.3 Å². The van der Waals surface area contributed by atoms with Gasteiger partial charge >= 0.3 is 0 Å². The van der Waals surface area contributed by atoms with Crippen molar-refractivity contribution in [1.82, 2.24) is 4.72 Å². The van der Waals surface area contributed by atoms with Gasteiger partial charge in [0.2, 0.25) is 0 Å². The van der Waals surface area contributed by atoms with Gasteiger partial charge in [-0.15, -0.1) is 4.72 Å². The van der Waals surface area contributed by atoms with E-state index in [0.29, 0.717) is 10.9 Å². The highest BCUT2D eigenvalue weighted by molar-refractivity contribution is 7.90. The van der Waals surface area contributed by atoms with E-state index in [1.165, 1.54) is 6.07 Å². The molecule has 16 heavy (non-hydrogen) atoms. The second kappa shape index (κ2) is 2.82. The summed E-state index contributed by atoms with van der Waals surface area (Å²) in [5, 5.41) is 1.21. The van der Waals surface area contributed by atoms with E-state index in [4.69, 9.17) is 0 Å². The van der Waals surface area contributed by atoms with Crippen molar-refractivity contribution < 1.29 is 13.2 Å². The zero-order valence-corrected chi connectivity index (χ0v) is 8.86.